The molecule has 2 N–H and O–H groups in total. The van der Waals surface area contributed by atoms with Crippen LogP contribution < -0.4 is 5.32 Å². The number of amides is 1. The normalized spacial score (nSPS) is 22.8. The molecule has 4 aromatic rings. The Morgan fingerprint density at radius 2 is 1.89 bits per heavy atom. The summed E-state index contributed by atoms with van der Waals surface area (Å²) in [6, 6.07) is 18.2. The summed E-state index contributed by atoms with van der Waals surface area (Å²) in [5.41, 5.74) is 2.72. The van der Waals surface area contributed by atoms with Gasteiger partial charge in [-0.05, 0) is 66.8 Å². The second kappa shape index (κ2) is 9.05. The lowest BCUT2D eigenvalue weighted by Crippen LogP contribution is -2.56. The Hall–Kier alpha value is -3.16. The van der Waals surface area contributed by atoms with E-state index >= 15 is 0 Å². The standard InChI is InChI=1S/C28H26ClN3O3S/c29-20-9-19-15-30-32(16-22-6-7-24(36-22)18-4-2-1-3-5-18)26(19)23(10-20)27(35)31-21-13-28(14-21)11-17(12-28)8-25(33)34/h1-7,9-10,15,17,21H,8,11-14,16H2,(H,31,35)(H,33,34). The molecule has 0 atom stereocenters. The van der Waals surface area contributed by atoms with Crippen LogP contribution in [0.4, 0.5) is 0 Å². The van der Waals surface area contributed by atoms with E-state index in [2.05, 4.69) is 34.7 Å². The van der Waals surface area contributed by atoms with Crippen LogP contribution in [0.1, 0.15) is 47.3 Å². The Morgan fingerprint density at radius 1 is 1.11 bits per heavy atom. The van der Waals surface area contributed by atoms with E-state index in [1.807, 2.05) is 28.9 Å². The number of aromatic nitrogens is 2. The maximum Gasteiger partial charge on any atom is 0.303 e. The number of nitrogens with zero attached hydrogens (tertiary/aromatic N) is 2. The van der Waals surface area contributed by atoms with Crippen molar-refractivity contribution in [2.45, 2.75) is 44.7 Å². The number of halogens is 1. The van der Waals surface area contributed by atoms with E-state index in [-0.39, 0.29) is 29.7 Å². The summed E-state index contributed by atoms with van der Waals surface area (Å²) in [5.74, 6) is -0.582. The van der Waals surface area contributed by atoms with E-state index in [1.165, 1.54) is 10.4 Å². The second-order valence-electron chi connectivity index (χ2n) is 10.3. The maximum atomic E-state index is 13.3. The fourth-order valence-corrected chi connectivity index (χ4v) is 7.32. The summed E-state index contributed by atoms with van der Waals surface area (Å²) in [5, 5.41) is 18.1. The minimum atomic E-state index is -0.723. The van der Waals surface area contributed by atoms with Gasteiger partial charge in [0, 0.05) is 32.6 Å². The third-order valence-corrected chi connectivity index (χ3v) is 8.91. The van der Waals surface area contributed by atoms with Crippen LogP contribution in [-0.2, 0) is 11.3 Å². The molecule has 2 aliphatic carbocycles. The van der Waals surface area contributed by atoms with Crippen LogP contribution in [0, 0.1) is 11.3 Å². The number of hydrogen-bond acceptors (Lipinski definition) is 4. The number of nitrogens with one attached hydrogen (secondary N) is 1. The first kappa shape index (κ1) is 23.3. The lowest BCUT2D eigenvalue weighted by Gasteiger charge is -2.57. The van der Waals surface area contributed by atoms with E-state index in [1.54, 1.807) is 23.6 Å². The van der Waals surface area contributed by atoms with Gasteiger partial charge in [0.1, 0.15) is 0 Å². The number of aliphatic carboxylic acids is 1. The number of carbonyl (C=O) groups excluding carboxylic acids is 1. The largest absolute Gasteiger partial charge is 0.481 e. The van der Waals surface area contributed by atoms with Gasteiger partial charge < -0.3 is 10.4 Å². The fourth-order valence-electron chi connectivity index (χ4n) is 6.10. The molecule has 6 rings (SSSR count). The summed E-state index contributed by atoms with van der Waals surface area (Å²) < 4.78 is 1.88. The first-order valence-corrected chi connectivity index (χ1v) is 13.4. The molecule has 0 saturated heterocycles. The molecule has 1 spiro atoms. The van der Waals surface area contributed by atoms with Gasteiger partial charge in [-0.2, -0.15) is 5.10 Å². The van der Waals surface area contributed by atoms with E-state index in [4.69, 9.17) is 16.7 Å². The van der Waals surface area contributed by atoms with Crippen LogP contribution in [0.2, 0.25) is 5.02 Å². The molecule has 2 heterocycles. The first-order valence-electron chi connectivity index (χ1n) is 12.2. The van der Waals surface area contributed by atoms with Crippen molar-refractivity contribution < 1.29 is 14.7 Å². The number of carbonyl (C=O) groups is 2. The summed E-state index contributed by atoms with van der Waals surface area (Å²) in [4.78, 5) is 26.6. The molecule has 2 fully saturated rings. The van der Waals surface area contributed by atoms with Crippen LogP contribution in [0.25, 0.3) is 21.3 Å². The third-order valence-electron chi connectivity index (χ3n) is 7.57. The smallest absolute Gasteiger partial charge is 0.303 e. The number of carboxylic acids is 1. The molecule has 2 aliphatic rings. The highest BCUT2D eigenvalue weighted by molar-refractivity contribution is 7.15. The van der Waals surface area contributed by atoms with Gasteiger partial charge in [-0.1, -0.05) is 41.9 Å². The van der Waals surface area contributed by atoms with Gasteiger partial charge in [-0.15, -0.1) is 11.3 Å². The zero-order valence-corrected chi connectivity index (χ0v) is 21.2. The van der Waals surface area contributed by atoms with Gasteiger partial charge in [0.2, 0.25) is 0 Å². The van der Waals surface area contributed by atoms with Crippen LogP contribution in [0.3, 0.4) is 0 Å². The Kier molecular flexibility index (Phi) is 5.85. The van der Waals surface area contributed by atoms with Gasteiger partial charge >= 0.3 is 5.97 Å². The first-order chi connectivity index (χ1) is 17.4. The van der Waals surface area contributed by atoms with Crippen molar-refractivity contribution in [3.05, 3.63) is 76.3 Å². The molecule has 8 heteroatoms. The summed E-state index contributed by atoms with van der Waals surface area (Å²) in [6.45, 7) is 0.570. The highest BCUT2D eigenvalue weighted by Gasteiger charge is 2.53. The van der Waals surface area contributed by atoms with Crippen molar-refractivity contribution >= 4 is 45.7 Å². The van der Waals surface area contributed by atoms with Crippen molar-refractivity contribution in [2.24, 2.45) is 11.3 Å². The van der Waals surface area contributed by atoms with Gasteiger partial charge in [0.05, 0.1) is 23.8 Å². The highest BCUT2D eigenvalue weighted by Crippen LogP contribution is 2.59. The van der Waals surface area contributed by atoms with Crippen molar-refractivity contribution in [2.75, 3.05) is 0 Å². The minimum absolute atomic E-state index is 0.111. The zero-order valence-electron chi connectivity index (χ0n) is 19.6. The molecular formula is C28H26ClN3O3S. The molecule has 1 amide bonds. The predicted molar refractivity (Wildman–Crippen MR) is 141 cm³/mol. The Bertz CT molecular complexity index is 1450. The maximum absolute atomic E-state index is 13.3. The Balaban J connectivity index is 1.18. The van der Waals surface area contributed by atoms with Gasteiger partial charge in [0.25, 0.3) is 5.91 Å². The topological polar surface area (TPSA) is 84.2 Å². The molecule has 0 unspecified atom stereocenters. The number of carboxylic acid groups (broad SMARTS) is 1. The Labute approximate surface area is 217 Å². The van der Waals surface area contributed by atoms with Crippen LogP contribution in [0.5, 0.6) is 0 Å². The molecule has 0 aliphatic heterocycles. The Morgan fingerprint density at radius 3 is 2.64 bits per heavy atom. The molecule has 184 valence electrons. The van der Waals surface area contributed by atoms with Crippen LogP contribution in [-0.4, -0.2) is 32.8 Å². The van der Waals surface area contributed by atoms with E-state index < -0.39 is 5.97 Å². The monoisotopic (exact) mass is 519 g/mol. The fraction of sp³-hybridized carbons (Fsp3) is 0.321. The summed E-state index contributed by atoms with van der Waals surface area (Å²) >= 11 is 8.09. The second-order valence-corrected chi connectivity index (χ2v) is 11.9. The molecule has 0 bridgehead atoms. The lowest BCUT2D eigenvalue weighted by molar-refractivity contribution is -0.142. The van der Waals surface area contributed by atoms with Crippen molar-refractivity contribution in [1.82, 2.24) is 15.1 Å². The SMILES string of the molecule is O=C(O)CC1CC2(C1)CC(NC(=O)c1cc(Cl)cc3cnn(Cc4ccc(-c5ccccc5)s4)c13)C2. The van der Waals surface area contributed by atoms with Gasteiger partial charge in [-0.3, -0.25) is 14.3 Å². The van der Waals surface area contributed by atoms with E-state index in [0.717, 1.165) is 41.5 Å². The number of fused-ring (bicyclic) bond motifs is 1. The minimum Gasteiger partial charge on any atom is -0.481 e. The average Bonchev–Trinajstić information content (AvgIpc) is 3.43. The molecule has 6 nitrogen and oxygen atoms in total. The highest BCUT2D eigenvalue weighted by atomic mass is 35.5. The van der Waals surface area contributed by atoms with Crippen molar-refractivity contribution in [3.63, 3.8) is 0 Å². The molecular weight excluding hydrogens is 494 g/mol. The number of thiophene rings is 1. The van der Waals surface area contributed by atoms with Crippen LogP contribution >= 0.6 is 22.9 Å². The number of rotatable bonds is 7. The van der Waals surface area contributed by atoms with Crippen molar-refractivity contribution in [3.8, 4) is 10.4 Å². The molecule has 2 saturated carbocycles. The van der Waals surface area contributed by atoms with Gasteiger partial charge in [-0.25, -0.2) is 0 Å². The zero-order chi connectivity index (χ0) is 24.9. The van der Waals surface area contributed by atoms with Crippen molar-refractivity contribution in [1.29, 1.82) is 0 Å². The summed E-state index contributed by atoms with van der Waals surface area (Å²) in [7, 11) is 0. The van der Waals surface area contributed by atoms with E-state index in [0.29, 0.717) is 17.1 Å². The van der Waals surface area contributed by atoms with E-state index in [9.17, 15) is 9.59 Å². The van der Waals surface area contributed by atoms with Gasteiger partial charge in [0.15, 0.2) is 0 Å². The lowest BCUT2D eigenvalue weighted by atomic mass is 9.49. The predicted octanol–water partition coefficient (Wildman–Crippen LogP) is 6.23. The third kappa shape index (κ3) is 4.42. The van der Waals surface area contributed by atoms with Crippen LogP contribution in [0.15, 0.2) is 60.8 Å². The molecule has 0 radical (unpaired) electrons. The summed E-state index contributed by atoms with van der Waals surface area (Å²) in [6.07, 6.45) is 5.74. The quantitative estimate of drug-likeness (QED) is 0.303. The molecule has 36 heavy (non-hydrogen) atoms. The molecule has 2 aromatic carbocycles. The number of benzene rings is 2. The average molecular weight is 520 g/mol. The number of hydrogen-bond donors (Lipinski definition) is 2. The molecule has 2 aromatic heterocycles.